The van der Waals surface area contributed by atoms with E-state index in [-0.39, 0.29) is 12.3 Å². The highest BCUT2D eigenvalue weighted by Gasteiger charge is 2.12. The molecule has 0 heterocycles. The van der Waals surface area contributed by atoms with E-state index < -0.39 is 12.0 Å². The molecule has 0 aromatic rings. The van der Waals surface area contributed by atoms with Gasteiger partial charge in [0.15, 0.2) is 0 Å². The van der Waals surface area contributed by atoms with Crippen molar-refractivity contribution in [1.82, 2.24) is 5.32 Å². The Morgan fingerprint density at radius 2 is 1.94 bits per heavy atom. The van der Waals surface area contributed by atoms with Crippen LogP contribution in [0.15, 0.2) is 0 Å². The molecule has 17 heavy (non-hydrogen) atoms. The molecule has 2 atom stereocenters. The number of aliphatic carboxylic acids is 1. The van der Waals surface area contributed by atoms with Crippen LogP contribution in [0.2, 0.25) is 0 Å². The Morgan fingerprint density at radius 3 is 2.47 bits per heavy atom. The van der Waals surface area contributed by atoms with Gasteiger partial charge in [0, 0.05) is 13.0 Å². The number of carbonyl (C=O) groups excluding carboxylic acids is 1. The van der Waals surface area contributed by atoms with Gasteiger partial charge in [0.2, 0.25) is 5.91 Å². The van der Waals surface area contributed by atoms with Crippen LogP contribution in [0.25, 0.3) is 0 Å². The molecule has 0 spiro atoms. The minimum absolute atomic E-state index is 0.114. The number of carboxylic acids is 1. The van der Waals surface area contributed by atoms with Crippen LogP contribution in [0.3, 0.4) is 0 Å². The molecular weight excluding hydrogens is 220 g/mol. The van der Waals surface area contributed by atoms with Crippen LogP contribution in [0.5, 0.6) is 0 Å². The summed E-state index contributed by atoms with van der Waals surface area (Å²) in [6, 6.07) is -0.422. The van der Waals surface area contributed by atoms with Gasteiger partial charge in [0.1, 0.15) is 0 Å². The van der Waals surface area contributed by atoms with Crippen molar-refractivity contribution in [3.8, 4) is 0 Å². The summed E-state index contributed by atoms with van der Waals surface area (Å²) in [6.07, 6.45) is 3.21. The van der Waals surface area contributed by atoms with Crippen LogP contribution in [0, 0.1) is 5.92 Å². The SMILES string of the molecule is CCC[C@@H](N)C(=O)NCCC(C)CCC(=O)O. The van der Waals surface area contributed by atoms with Gasteiger partial charge in [-0.1, -0.05) is 20.3 Å². The third kappa shape index (κ3) is 8.68. The number of nitrogens with two attached hydrogens (primary N) is 1. The molecule has 0 radical (unpaired) electrons. The van der Waals surface area contributed by atoms with Gasteiger partial charge in [-0.05, 0) is 25.2 Å². The topological polar surface area (TPSA) is 92.4 Å². The summed E-state index contributed by atoms with van der Waals surface area (Å²) in [5.74, 6) is -0.586. The zero-order chi connectivity index (χ0) is 13.3. The van der Waals surface area contributed by atoms with E-state index in [1.54, 1.807) is 0 Å². The molecule has 0 fully saturated rings. The predicted octanol–water partition coefficient (Wildman–Crippen LogP) is 1.12. The maximum Gasteiger partial charge on any atom is 0.303 e. The molecule has 100 valence electrons. The van der Waals surface area contributed by atoms with E-state index in [1.807, 2.05) is 13.8 Å². The van der Waals surface area contributed by atoms with Gasteiger partial charge in [-0.15, -0.1) is 0 Å². The Balaban J connectivity index is 3.61. The number of amides is 1. The number of carboxylic acid groups (broad SMARTS) is 1. The summed E-state index contributed by atoms with van der Waals surface area (Å²) in [5.41, 5.74) is 5.65. The van der Waals surface area contributed by atoms with E-state index >= 15 is 0 Å². The van der Waals surface area contributed by atoms with Crippen molar-refractivity contribution in [2.24, 2.45) is 11.7 Å². The fourth-order valence-corrected chi connectivity index (χ4v) is 1.53. The lowest BCUT2D eigenvalue weighted by Crippen LogP contribution is -2.41. The molecule has 5 nitrogen and oxygen atoms in total. The molecule has 0 saturated heterocycles. The highest BCUT2D eigenvalue weighted by atomic mass is 16.4. The molecule has 0 aliphatic carbocycles. The van der Waals surface area contributed by atoms with Gasteiger partial charge in [0.25, 0.3) is 0 Å². The maximum absolute atomic E-state index is 11.5. The Hall–Kier alpha value is -1.10. The summed E-state index contributed by atoms with van der Waals surface area (Å²) in [4.78, 5) is 21.8. The monoisotopic (exact) mass is 244 g/mol. The number of rotatable bonds is 9. The van der Waals surface area contributed by atoms with Crippen molar-refractivity contribution in [2.45, 2.75) is 52.0 Å². The first-order valence-electron chi connectivity index (χ1n) is 6.22. The molecule has 0 saturated carbocycles. The molecule has 0 bridgehead atoms. The molecule has 0 aliphatic rings. The zero-order valence-electron chi connectivity index (χ0n) is 10.7. The second kappa shape index (κ2) is 8.98. The van der Waals surface area contributed by atoms with E-state index in [2.05, 4.69) is 5.32 Å². The largest absolute Gasteiger partial charge is 0.481 e. The van der Waals surface area contributed by atoms with Crippen molar-refractivity contribution in [3.05, 3.63) is 0 Å². The highest BCUT2D eigenvalue weighted by Crippen LogP contribution is 2.09. The Morgan fingerprint density at radius 1 is 1.29 bits per heavy atom. The normalized spacial score (nSPS) is 14.1. The second-order valence-electron chi connectivity index (χ2n) is 4.51. The summed E-state index contributed by atoms with van der Waals surface area (Å²) < 4.78 is 0. The number of nitrogens with one attached hydrogen (secondary N) is 1. The number of hydrogen-bond donors (Lipinski definition) is 3. The fourth-order valence-electron chi connectivity index (χ4n) is 1.53. The molecule has 5 heteroatoms. The van der Waals surface area contributed by atoms with E-state index in [0.717, 1.165) is 12.8 Å². The van der Waals surface area contributed by atoms with Gasteiger partial charge >= 0.3 is 5.97 Å². The zero-order valence-corrected chi connectivity index (χ0v) is 10.7. The summed E-state index contributed by atoms with van der Waals surface area (Å²) in [7, 11) is 0. The van der Waals surface area contributed by atoms with Crippen molar-refractivity contribution in [2.75, 3.05) is 6.54 Å². The van der Waals surface area contributed by atoms with E-state index in [0.29, 0.717) is 25.3 Å². The Kier molecular flexibility index (Phi) is 8.40. The molecular formula is C12H24N2O3. The summed E-state index contributed by atoms with van der Waals surface area (Å²) >= 11 is 0. The van der Waals surface area contributed by atoms with Crippen LogP contribution in [-0.4, -0.2) is 29.6 Å². The maximum atomic E-state index is 11.5. The lowest BCUT2D eigenvalue weighted by molar-refractivity contribution is -0.137. The van der Waals surface area contributed by atoms with E-state index in [9.17, 15) is 9.59 Å². The van der Waals surface area contributed by atoms with Crippen LogP contribution in [-0.2, 0) is 9.59 Å². The molecule has 4 N–H and O–H groups in total. The van der Waals surface area contributed by atoms with Gasteiger partial charge in [-0.2, -0.15) is 0 Å². The quantitative estimate of drug-likeness (QED) is 0.566. The predicted molar refractivity (Wildman–Crippen MR) is 66.5 cm³/mol. The van der Waals surface area contributed by atoms with Crippen LogP contribution < -0.4 is 11.1 Å². The second-order valence-corrected chi connectivity index (χ2v) is 4.51. The first-order valence-corrected chi connectivity index (χ1v) is 6.22. The van der Waals surface area contributed by atoms with Gasteiger partial charge in [0.05, 0.1) is 6.04 Å². The summed E-state index contributed by atoms with van der Waals surface area (Å²) in [6.45, 7) is 4.54. The minimum atomic E-state index is -0.772. The first-order chi connectivity index (χ1) is 7.97. The average Bonchev–Trinajstić information content (AvgIpc) is 2.26. The average molecular weight is 244 g/mol. The molecule has 1 amide bonds. The van der Waals surface area contributed by atoms with Crippen molar-refractivity contribution in [3.63, 3.8) is 0 Å². The van der Waals surface area contributed by atoms with Crippen LogP contribution in [0.1, 0.15) is 46.0 Å². The molecule has 0 aliphatic heterocycles. The van der Waals surface area contributed by atoms with E-state index in [4.69, 9.17) is 10.8 Å². The van der Waals surface area contributed by atoms with Crippen molar-refractivity contribution >= 4 is 11.9 Å². The standard InChI is InChI=1S/C12H24N2O3/c1-3-4-10(13)12(17)14-8-7-9(2)5-6-11(15)16/h9-10H,3-8,13H2,1-2H3,(H,14,17)(H,15,16)/t9?,10-/m1/s1. The Bertz CT molecular complexity index is 244. The van der Waals surface area contributed by atoms with E-state index in [1.165, 1.54) is 0 Å². The van der Waals surface area contributed by atoms with Crippen molar-refractivity contribution in [1.29, 1.82) is 0 Å². The van der Waals surface area contributed by atoms with Crippen molar-refractivity contribution < 1.29 is 14.7 Å². The highest BCUT2D eigenvalue weighted by molar-refractivity contribution is 5.81. The minimum Gasteiger partial charge on any atom is -0.481 e. The van der Waals surface area contributed by atoms with Crippen LogP contribution >= 0.6 is 0 Å². The number of carbonyl (C=O) groups is 2. The number of hydrogen-bond acceptors (Lipinski definition) is 3. The third-order valence-electron chi connectivity index (χ3n) is 2.72. The first kappa shape index (κ1) is 15.9. The third-order valence-corrected chi connectivity index (χ3v) is 2.72. The smallest absolute Gasteiger partial charge is 0.303 e. The molecule has 1 unspecified atom stereocenters. The molecule has 0 aromatic carbocycles. The van der Waals surface area contributed by atoms with Crippen LogP contribution in [0.4, 0.5) is 0 Å². The lowest BCUT2D eigenvalue weighted by atomic mass is 10.0. The lowest BCUT2D eigenvalue weighted by Gasteiger charge is -2.13. The molecule has 0 rings (SSSR count). The summed E-state index contributed by atoms with van der Waals surface area (Å²) in [5, 5.41) is 11.3. The Labute approximate surface area is 103 Å². The van der Waals surface area contributed by atoms with Gasteiger partial charge in [-0.3, -0.25) is 9.59 Å². The fraction of sp³-hybridized carbons (Fsp3) is 0.833. The molecule has 0 aromatic heterocycles. The van der Waals surface area contributed by atoms with Gasteiger partial charge in [-0.25, -0.2) is 0 Å². The van der Waals surface area contributed by atoms with Gasteiger partial charge < -0.3 is 16.2 Å².